The molecule has 0 fully saturated rings. The Labute approximate surface area is 85.4 Å². The molecular weight excluding hydrogens is 228 g/mol. The Balaban J connectivity index is 2.81. The van der Waals surface area contributed by atoms with Crippen molar-refractivity contribution in [3.8, 4) is 0 Å². The van der Waals surface area contributed by atoms with Crippen LogP contribution in [0.15, 0.2) is 17.0 Å². The van der Waals surface area contributed by atoms with Gasteiger partial charge in [-0.1, -0.05) is 11.6 Å². The maximum Gasteiger partial charge on any atom is 0.287 e. The van der Waals surface area contributed by atoms with Crippen LogP contribution in [0.5, 0.6) is 0 Å². The van der Waals surface area contributed by atoms with Gasteiger partial charge in [-0.15, -0.1) is 0 Å². The number of aromatic nitrogens is 1. The first-order chi connectivity index (χ1) is 6.44. The summed E-state index contributed by atoms with van der Waals surface area (Å²) in [6.45, 7) is 0. The zero-order valence-corrected chi connectivity index (χ0v) is 8.63. The first-order valence-electron chi connectivity index (χ1n) is 3.64. The smallest absolute Gasteiger partial charge is 0.266 e. The second-order valence-corrected chi connectivity index (χ2v) is 5.08. The summed E-state index contributed by atoms with van der Waals surface area (Å²) >= 11 is 5.55. The third-order valence-electron chi connectivity index (χ3n) is 1.95. The van der Waals surface area contributed by atoms with Gasteiger partial charge in [-0.05, 0) is 12.1 Å². The van der Waals surface area contributed by atoms with Gasteiger partial charge in [0.25, 0.3) is 15.9 Å². The highest BCUT2D eigenvalue weighted by Gasteiger charge is 2.39. The number of hydrogen-bond acceptors (Lipinski definition) is 4. The Kier molecular flexibility index (Phi) is 1.80. The molecule has 0 saturated heterocycles. The van der Waals surface area contributed by atoms with Crippen molar-refractivity contribution >= 4 is 27.5 Å². The predicted molar refractivity (Wildman–Crippen MR) is 48.5 cm³/mol. The lowest BCUT2D eigenvalue weighted by Gasteiger charge is -2.04. The van der Waals surface area contributed by atoms with Gasteiger partial charge in [0.05, 0.1) is 0 Å². The van der Waals surface area contributed by atoms with Crippen molar-refractivity contribution in [3.63, 3.8) is 0 Å². The van der Waals surface area contributed by atoms with Crippen LogP contribution in [-0.2, 0) is 10.0 Å². The molecule has 0 N–H and O–H groups in total. The molecule has 7 heteroatoms. The summed E-state index contributed by atoms with van der Waals surface area (Å²) in [5.41, 5.74) is -0.111. The molecule has 5 nitrogen and oxygen atoms in total. The second kappa shape index (κ2) is 2.68. The van der Waals surface area contributed by atoms with Gasteiger partial charge in [0.2, 0.25) is 0 Å². The van der Waals surface area contributed by atoms with E-state index in [0.29, 0.717) is 4.31 Å². The quantitative estimate of drug-likeness (QED) is 0.612. The summed E-state index contributed by atoms with van der Waals surface area (Å²) in [7, 11) is -2.50. The van der Waals surface area contributed by atoms with E-state index in [-0.39, 0.29) is 15.7 Å². The molecule has 0 unspecified atom stereocenters. The number of amides is 1. The lowest BCUT2D eigenvalue weighted by molar-refractivity contribution is 0.0886. The molecule has 2 rings (SSSR count). The maximum absolute atomic E-state index is 11.5. The molecule has 1 aromatic heterocycles. The van der Waals surface area contributed by atoms with Crippen molar-refractivity contribution in [1.29, 1.82) is 0 Å². The lowest BCUT2D eigenvalue weighted by Crippen LogP contribution is -2.25. The topological polar surface area (TPSA) is 67.3 Å². The average Bonchev–Trinajstić information content (AvgIpc) is 2.28. The van der Waals surface area contributed by atoms with E-state index in [0.717, 1.165) is 0 Å². The molecule has 0 bridgehead atoms. The van der Waals surface area contributed by atoms with E-state index in [1.165, 1.54) is 19.2 Å². The molecule has 1 aliphatic heterocycles. The molecule has 0 aromatic carbocycles. The number of nitrogens with zero attached hydrogens (tertiary/aromatic N) is 2. The van der Waals surface area contributed by atoms with Crippen LogP contribution in [0.2, 0.25) is 5.15 Å². The fourth-order valence-corrected chi connectivity index (χ4v) is 2.55. The number of rotatable bonds is 0. The summed E-state index contributed by atoms with van der Waals surface area (Å²) in [6, 6.07) is 2.62. The monoisotopic (exact) mass is 232 g/mol. The van der Waals surface area contributed by atoms with Crippen molar-refractivity contribution < 1.29 is 13.2 Å². The van der Waals surface area contributed by atoms with Crippen LogP contribution >= 0.6 is 11.6 Å². The standard InChI is InChI=1S/C7H5ClN2O3S/c1-10-7(11)6-4(14(10,12)13)2-3-5(8)9-6/h2-3H,1H3. The molecular formula is C7H5ClN2O3S. The van der Waals surface area contributed by atoms with Crippen molar-refractivity contribution in [2.24, 2.45) is 0 Å². The molecule has 0 aliphatic carbocycles. The summed E-state index contributed by atoms with van der Waals surface area (Å²) in [4.78, 5) is 15.0. The first kappa shape index (κ1) is 9.42. The van der Waals surface area contributed by atoms with Gasteiger partial charge in [-0.3, -0.25) is 4.79 Å². The van der Waals surface area contributed by atoms with Crippen LogP contribution in [0.25, 0.3) is 0 Å². The largest absolute Gasteiger partial charge is 0.287 e. The number of sulfonamides is 1. The highest BCUT2D eigenvalue weighted by atomic mass is 35.5. The highest BCUT2D eigenvalue weighted by molar-refractivity contribution is 7.90. The second-order valence-electron chi connectivity index (χ2n) is 2.76. The third kappa shape index (κ3) is 1.04. The summed E-state index contributed by atoms with van der Waals surface area (Å²) in [5, 5.41) is 0.0996. The number of fused-ring (bicyclic) bond motifs is 1. The molecule has 0 atom stereocenters. The SMILES string of the molecule is CN1C(=O)c2nc(Cl)ccc2S1(=O)=O. The van der Waals surface area contributed by atoms with E-state index in [1.807, 2.05) is 0 Å². The number of hydrogen-bond donors (Lipinski definition) is 0. The molecule has 0 saturated carbocycles. The number of pyridine rings is 1. The van der Waals surface area contributed by atoms with Crippen LogP contribution in [0.1, 0.15) is 10.5 Å². The minimum Gasteiger partial charge on any atom is -0.266 e. The molecule has 14 heavy (non-hydrogen) atoms. The molecule has 0 spiro atoms. The Bertz CT molecular complexity index is 526. The van der Waals surface area contributed by atoms with Gasteiger partial charge >= 0.3 is 0 Å². The molecule has 1 aliphatic rings. The number of carbonyl (C=O) groups excluding carboxylic acids is 1. The van der Waals surface area contributed by atoms with E-state index >= 15 is 0 Å². The molecule has 0 radical (unpaired) electrons. The lowest BCUT2D eigenvalue weighted by atomic mass is 10.3. The first-order valence-corrected chi connectivity index (χ1v) is 5.46. The van der Waals surface area contributed by atoms with Gasteiger partial charge in [0, 0.05) is 7.05 Å². The normalized spacial score (nSPS) is 18.4. The van der Waals surface area contributed by atoms with Crippen molar-refractivity contribution in [3.05, 3.63) is 23.0 Å². The Morgan fingerprint density at radius 1 is 1.43 bits per heavy atom. The van der Waals surface area contributed by atoms with Gasteiger partial charge in [-0.2, -0.15) is 0 Å². The van der Waals surface area contributed by atoms with Crippen LogP contribution in [0, 0.1) is 0 Å². The molecule has 74 valence electrons. The van der Waals surface area contributed by atoms with Gasteiger partial charge in [-0.25, -0.2) is 17.7 Å². The zero-order valence-electron chi connectivity index (χ0n) is 7.06. The van der Waals surface area contributed by atoms with Crippen LogP contribution < -0.4 is 0 Å². The average molecular weight is 233 g/mol. The predicted octanol–water partition coefficient (Wildman–Crippen LogP) is 0.509. The van der Waals surface area contributed by atoms with E-state index in [9.17, 15) is 13.2 Å². The Morgan fingerprint density at radius 3 is 2.71 bits per heavy atom. The zero-order chi connectivity index (χ0) is 10.5. The summed E-state index contributed by atoms with van der Waals surface area (Å²) < 4.78 is 23.7. The van der Waals surface area contributed by atoms with Crippen molar-refractivity contribution in [2.75, 3.05) is 7.05 Å². The fraction of sp³-hybridized carbons (Fsp3) is 0.143. The van der Waals surface area contributed by atoms with Gasteiger partial charge < -0.3 is 0 Å². The highest BCUT2D eigenvalue weighted by Crippen LogP contribution is 2.28. The Morgan fingerprint density at radius 2 is 2.07 bits per heavy atom. The van der Waals surface area contributed by atoms with Gasteiger partial charge in [0.1, 0.15) is 10.0 Å². The van der Waals surface area contributed by atoms with Crippen LogP contribution in [0.3, 0.4) is 0 Å². The van der Waals surface area contributed by atoms with E-state index in [1.54, 1.807) is 0 Å². The molecule has 1 amide bonds. The van der Waals surface area contributed by atoms with E-state index in [4.69, 9.17) is 11.6 Å². The summed E-state index contributed by atoms with van der Waals surface area (Å²) in [6.07, 6.45) is 0. The summed E-state index contributed by atoms with van der Waals surface area (Å²) in [5.74, 6) is -0.650. The Hall–Kier alpha value is -1.14. The van der Waals surface area contributed by atoms with Crippen LogP contribution in [0.4, 0.5) is 0 Å². The van der Waals surface area contributed by atoms with E-state index < -0.39 is 15.9 Å². The fourth-order valence-electron chi connectivity index (χ4n) is 1.19. The van der Waals surface area contributed by atoms with Crippen LogP contribution in [-0.4, -0.2) is 30.7 Å². The van der Waals surface area contributed by atoms with Crippen molar-refractivity contribution in [2.45, 2.75) is 4.90 Å². The van der Waals surface area contributed by atoms with E-state index in [2.05, 4.69) is 4.98 Å². The maximum atomic E-state index is 11.5. The van der Waals surface area contributed by atoms with Gasteiger partial charge in [0.15, 0.2) is 5.69 Å². The van der Waals surface area contributed by atoms with Crippen molar-refractivity contribution in [1.82, 2.24) is 9.29 Å². The number of carbonyl (C=O) groups is 1. The minimum absolute atomic E-state index is 0.0885. The molecule has 1 aromatic rings. The minimum atomic E-state index is -3.69. The number of halogens is 1. The molecule has 2 heterocycles. The third-order valence-corrected chi connectivity index (χ3v) is 3.93.